The molecule has 15 heavy (non-hydrogen) atoms. The van der Waals surface area contributed by atoms with Crippen LogP contribution < -0.4 is 10.1 Å². The van der Waals surface area contributed by atoms with Gasteiger partial charge in [0.1, 0.15) is 0 Å². The molecule has 0 aliphatic heterocycles. The van der Waals surface area contributed by atoms with Gasteiger partial charge in [0.25, 0.3) is 0 Å². The standard InChI is InChI=1S/C11H18N2O2/c1-8(2)9(7-14)13-11-10(15-3)5-4-6-12-11/h4-6,8-9,14H,7H2,1-3H3,(H,12,13)/t9-/m1/s1. The predicted octanol–water partition coefficient (Wildman–Crippen LogP) is 1.52. The second kappa shape index (κ2) is 5.56. The highest BCUT2D eigenvalue weighted by Gasteiger charge is 2.14. The number of aliphatic hydroxyl groups excluding tert-OH is 1. The number of ether oxygens (including phenoxy) is 1. The Balaban J connectivity index is 2.78. The highest BCUT2D eigenvalue weighted by atomic mass is 16.5. The summed E-state index contributed by atoms with van der Waals surface area (Å²) in [5.74, 6) is 1.70. The number of rotatable bonds is 5. The van der Waals surface area contributed by atoms with Crippen molar-refractivity contribution in [3.05, 3.63) is 18.3 Å². The van der Waals surface area contributed by atoms with Crippen molar-refractivity contribution < 1.29 is 9.84 Å². The van der Waals surface area contributed by atoms with Gasteiger partial charge in [0, 0.05) is 6.20 Å². The summed E-state index contributed by atoms with van der Waals surface area (Å²) in [6.45, 7) is 4.17. The first kappa shape index (κ1) is 11.8. The summed E-state index contributed by atoms with van der Waals surface area (Å²) in [5.41, 5.74) is 0. The van der Waals surface area contributed by atoms with Crippen LogP contribution in [-0.2, 0) is 0 Å². The maximum absolute atomic E-state index is 9.19. The lowest BCUT2D eigenvalue weighted by Gasteiger charge is -2.21. The maximum Gasteiger partial charge on any atom is 0.169 e. The number of aliphatic hydroxyl groups is 1. The van der Waals surface area contributed by atoms with Crippen LogP contribution in [0.3, 0.4) is 0 Å². The van der Waals surface area contributed by atoms with E-state index in [0.29, 0.717) is 17.5 Å². The Kier molecular flexibility index (Phi) is 4.37. The minimum atomic E-state index is -0.00574. The molecule has 84 valence electrons. The zero-order valence-electron chi connectivity index (χ0n) is 9.40. The Hall–Kier alpha value is -1.29. The van der Waals surface area contributed by atoms with Gasteiger partial charge in [-0.2, -0.15) is 0 Å². The van der Waals surface area contributed by atoms with Gasteiger partial charge in [-0.1, -0.05) is 13.8 Å². The highest BCUT2D eigenvalue weighted by Crippen LogP contribution is 2.22. The molecule has 2 N–H and O–H groups in total. The van der Waals surface area contributed by atoms with E-state index in [1.54, 1.807) is 13.3 Å². The first-order valence-electron chi connectivity index (χ1n) is 5.05. The van der Waals surface area contributed by atoms with Gasteiger partial charge in [-0.25, -0.2) is 4.98 Å². The molecule has 0 radical (unpaired) electrons. The smallest absolute Gasteiger partial charge is 0.169 e. The Morgan fingerprint density at radius 1 is 1.53 bits per heavy atom. The third-order valence-corrected chi connectivity index (χ3v) is 2.31. The second-order valence-corrected chi connectivity index (χ2v) is 3.73. The summed E-state index contributed by atoms with van der Waals surface area (Å²) in [4.78, 5) is 4.17. The van der Waals surface area contributed by atoms with E-state index in [0.717, 1.165) is 0 Å². The third kappa shape index (κ3) is 3.09. The quantitative estimate of drug-likeness (QED) is 0.773. The fourth-order valence-electron chi connectivity index (χ4n) is 1.26. The molecule has 0 fully saturated rings. The van der Waals surface area contributed by atoms with E-state index in [1.165, 1.54) is 0 Å². The van der Waals surface area contributed by atoms with E-state index in [-0.39, 0.29) is 12.6 Å². The molecule has 0 spiro atoms. The molecule has 1 aromatic rings. The number of anilines is 1. The van der Waals surface area contributed by atoms with Crippen LogP contribution >= 0.6 is 0 Å². The Morgan fingerprint density at radius 2 is 2.27 bits per heavy atom. The molecule has 1 heterocycles. The number of methoxy groups -OCH3 is 1. The fourth-order valence-corrected chi connectivity index (χ4v) is 1.26. The summed E-state index contributed by atoms with van der Waals surface area (Å²) in [7, 11) is 1.60. The first-order valence-corrected chi connectivity index (χ1v) is 5.05. The third-order valence-electron chi connectivity index (χ3n) is 2.31. The van der Waals surface area contributed by atoms with Crippen molar-refractivity contribution in [1.29, 1.82) is 0 Å². The van der Waals surface area contributed by atoms with Crippen LogP contribution in [-0.4, -0.2) is 29.8 Å². The van der Waals surface area contributed by atoms with Crippen molar-refractivity contribution in [2.45, 2.75) is 19.9 Å². The molecular weight excluding hydrogens is 192 g/mol. The van der Waals surface area contributed by atoms with Crippen LogP contribution in [0.1, 0.15) is 13.8 Å². The first-order chi connectivity index (χ1) is 7.19. The average molecular weight is 210 g/mol. The van der Waals surface area contributed by atoms with Gasteiger partial charge in [0.15, 0.2) is 11.6 Å². The molecule has 4 nitrogen and oxygen atoms in total. The minimum Gasteiger partial charge on any atom is -0.493 e. The Labute approximate surface area is 90.3 Å². The molecule has 0 unspecified atom stereocenters. The van der Waals surface area contributed by atoms with Gasteiger partial charge in [-0.15, -0.1) is 0 Å². The lowest BCUT2D eigenvalue weighted by molar-refractivity contribution is 0.248. The van der Waals surface area contributed by atoms with Crippen LogP contribution in [0.2, 0.25) is 0 Å². The van der Waals surface area contributed by atoms with E-state index >= 15 is 0 Å². The van der Waals surface area contributed by atoms with Crippen molar-refractivity contribution >= 4 is 5.82 Å². The molecule has 4 heteroatoms. The Bertz CT molecular complexity index is 302. The van der Waals surface area contributed by atoms with Crippen molar-refractivity contribution in [2.24, 2.45) is 5.92 Å². The number of hydrogen-bond acceptors (Lipinski definition) is 4. The highest BCUT2D eigenvalue weighted by molar-refractivity contribution is 5.50. The molecule has 0 aliphatic rings. The van der Waals surface area contributed by atoms with Gasteiger partial charge in [-0.05, 0) is 18.1 Å². The normalized spacial score (nSPS) is 12.6. The van der Waals surface area contributed by atoms with E-state index in [4.69, 9.17) is 4.74 Å². The van der Waals surface area contributed by atoms with E-state index in [2.05, 4.69) is 10.3 Å². The predicted molar refractivity (Wildman–Crippen MR) is 60.1 cm³/mol. The second-order valence-electron chi connectivity index (χ2n) is 3.73. The van der Waals surface area contributed by atoms with Gasteiger partial charge >= 0.3 is 0 Å². The number of nitrogens with one attached hydrogen (secondary N) is 1. The summed E-state index contributed by atoms with van der Waals surface area (Å²) < 4.78 is 5.16. The largest absolute Gasteiger partial charge is 0.493 e. The summed E-state index contributed by atoms with van der Waals surface area (Å²) in [5, 5.41) is 12.4. The SMILES string of the molecule is COc1cccnc1N[C@H](CO)C(C)C. The van der Waals surface area contributed by atoms with Crippen molar-refractivity contribution in [3.63, 3.8) is 0 Å². The number of pyridine rings is 1. The van der Waals surface area contributed by atoms with Gasteiger partial charge in [0.2, 0.25) is 0 Å². The monoisotopic (exact) mass is 210 g/mol. The van der Waals surface area contributed by atoms with E-state index in [1.807, 2.05) is 26.0 Å². The van der Waals surface area contributed by atoms with Crippen LogP contribution in [0.25, 0.3) is 0 Å². The van der Waals surface area contributed by atoms with Crippen molar-refractivity contribution in [2.75, 3.05) is 19.0 Å². The molecule has 1 atom stereocenters. The Morgan fingerprint density at radius 3 is 2.80 bits per heavy atom. The van der Waals surface area contributed by atoms with Gasteiger partial charge in [-0.3, -0.25) is 0 Å². The van der Waals surface area contributed by atoms with Crippen molar-refractivity contribution in [1.82, 2.24) is 4.98 Å². The van der Waals surface area contributed by atoms with E-state index < -0.39 is 0 Å². The van der Waals surface area contributed by atoms with Gasteiger partial charge in [0.05, 0.1) is 19.8 Å². The summed E-state index contributed by atoms with van der Waals surface area (Å²) in [6.07, 6.45) is 1.69. The average Bonchev–Trinajstić information content (AvgIpc) is 2.25. The van der Waals surface area contributed by atoms with E-state index in [9.17, 15) is 5.11 Å². The number of aromatic nitrogens is 1. The lowest BCUT2D eigenvalue weighted by atomic mass is 10.1. The van der Waals surface area contributed by atoms with Crippen molar-refractivity contribution in [3.8, 4) is 5.75 Å². The molecule has 0 bridgehead atoms. The minimum absolute atomic E-state index is 0.00574. The molecule has 0 aromatic carbocycles. The van der Waals surface area contributed by atoms with Crippen LogP contribution in [0.15, 0.2) is 18.3 Å². The summed E-state index contributed by atoms with van der Waals surface area (Å²) in [6, 6.07) is 3.64. The molecular formula is C11H18N2O2. The molecule has 1 rings (SSSR count). The summed E-state index contributed by atoms with van der Waals surface area (Å²) >= 11 is 0. The number of nitrogens with zero attached hydrogens (tertiary/aromatic N) is 1. The molecule has 0 saturated heterocycles. The molecule has 0 amide bonds. The van der Waals surface area contributed by atoms with Crippen LogP contribution in [0, 0.1) is 5.92 Å². The topological polar surface area (TPSA) is 54.4 Å². The zero-order chi connectivity index (χ0) is 11.3. The molecule has 0 aliphatic carbocycles. The lowest BCUT2D eigenvalue weighted by Crippen LogP contribution is -2.30. The molecule has 0 saturated carbocycles. The maximum atomic E-state index is 9.19. The fraction of sp³-hybridized carbons (Fsp3) is 0.545. The van der Waals surface area contributed by atoms with Crippen LogP contribution in [0.5, 0.6) is 5.75 Å². The number of hydrogen-bond donors (Lipinski definition) is 2. The van der Waals surface area contributed by atoms with Gasteiger partial charge < -0.3 is 15.2 Å². The van der Waals surface area contributed by atoms with Crippen LogP contribution in [0.4, 0.5) is 5.82 Å². The zero-order valence-corrected chi connectivity index (χ0v) is 9.40. The molecule has 1 aromatic heterocycles.